The van der Waals surface area contributed by atoms with Gasteiger partial charge in [0.15, 0.2) is 0 Å². The first kappa shape index (κ1) is 11.7. The molecule has 0 radical (unpaired) electrons. The minimum atomic E-state index is 0.0184. The van der Waals surface area contributed by atoms with Crippen molar-refractivity contribution in [1.29, 1.82) is 0 Å². The molecule has 0 spiro atoms. The number of rotatable bonds is 2. The highest BCUT2D eigenvalue weighted by Gasteiger charge is 2.17. The maximum Gasteiger partial charge on any atom is 0.0569 e. The number of hydrogen-bond acceptors (Lipinski definition) is 4. The molecule has 3 nitrogen and oxygen atoms in total. The van der Waals surface area contributed by atoms with Crippen LogP contribution >= 0.6 is 11.8 Å². The number of thioether (sulfide) groups is 1. The number of hydrogen-bond donors (Lipinski definition) is 1. The molecule has 88 valence electrons. The maximum absolute atomic E-state index is 5.78. The van der Waals surface area contributed by atoms with Gasteiger partial charge >= 0.3 is 0 Å². The molecule has 1 aromatic heterocycles. The third-order valence-corrected chi connectivity index (χ3v) is 3.98. The average molecular weight is 237 g/mol. The summed E-state index contributed by atoms with van der Waals surface area (Å²) in [5.41, 5.74) is 7.97. The molecule has 1 aliphatic rings. The van der Waals surface area contributed by atoms with Crippen molar-refractivity contribution in [2.45, 2.75) is 25.1 Å². The van der Waals surface area contributed by atoms with Gasteiger partial charge in [-0.3, -0.25) is 4.98 Å². The average Bonchev–Trinajstić information content (AvgIpc) is 2.29. The van der Waals surface area contributed by atoms with Crippen LogP contribution in [0, 0.1) is 0 Å². The van der Waals surface area contributed by atoms with Gasteiger partial charge < -0.3 is 10.6 Å². The summed E-state index contributed by atoms with van der Waals surface area (Å²) in [6, 6.07) is 4.19. The van der Waals surface area contributed by atoms with E-state index in [0.29, 0.717) is 5.25 Å². The fourth-order valence-corrected chi connectivity index (χ4v) is 2.92. The molecule has 0 saturated carbocycles. The first-order chi connectivity index (χ1) is 7.66. The van der Waals surface area contributed by atoms with Crippen LogP contribution in [0.3, 0.4) is 0 Å². The van der Waals surface area contributed by atoms with Gasteiger partial charge in [-0.15, -0.1) is 0 Å². The standard InChI is InChI=1S/C12H19N3S/c1-9-8-15(5-6-16-9)11-3-4-12(10(2)13)14-7-11/h3-4,7,9-10H,5-6,8,13H2,1-2H3/t9?,10-/m0/s1. The highest BCUT2D eigenvalue weighted by Crippen LogP contribution is 2.23. The molecule has 1 aromatic rings. The Bertz CT molecular complexity index is 337. The summed E-state index contributed by atoms with van der Waals surface area (Å²) in [6.07, 6.45) is 1.95. The van der Waals surface area contributed by atoms with Crippen LogP contribution in [0.15, 0.2) is 18.3 Å². The van der Waals surface area contributed by atoms with E-state index in [1.54, 1.807) is 0 Å². The van der Waals surface area contributed by atoms with Crippen LogP contribution in [-0.4, -0.2) is 29.1 Å². The fourth-order valence-electron chi connectivity index (χ4n) is 1.91. The van der Waals surface area contributed by atoms with Gasteiger partial charge in [-0.25, -0.2) is 0 Å². The summed E-state index contributed by atoms with van der Waals surface area (Å²) in [5, 5.41) is 0.710. The van der Waals surface area contributed by atoms with Crippen LogP contribution in [0.4, 0.5) is 5.69 Å². The molecular weight excluding hydrogens is 218 g/mol. The molecule has 16 heavy (non-hydrogen) atoms. The minimum Gasteiger partial charge on any atom is -0.368 e. The molecule has 1 fully saturated rings. The van der Waals surface area contributed by atoms with Crippen molar-refractivity contribution >= 4 is 17.4 Å². The summed E-state index contributed by atoms with van der Waals surface area (Å²) in [5.74, 6) is 1.20. The van der Waals surface area contributed by atoms with Crippen LogP contribution < -0.4 is 10.6 Å². The van der Waals surface area contributed by atoms with Gasteiger partial charge in [-0.2, -0.15) is 11.8 Å². The van der Waals surface area contributed by atoms with Crippen molar-refractivity contribution < 1.29 is 0 Å². The van der Waals surface area contributed by atoms with Gasteiger partial charge in [0.25, 0.3) is 0 Å². The molecule has 2 N–H and O–H groups in total. The molecule has 4 heteroatoms. The van der Waals surface area contributed by atoms with E-state index in [-0.39, 0.29) is 6.04 Å². The predicted octanol–water partition coefficient (Wildman–Crippen LogP) is 2.04. The highest BCUT2D eigenvalue weighted by atomic mass is 32.2. The molecule has 0 aromatic carbocycles. The van der Waals surface area contributed by atoms with Gasteiger partial charge in [0.05, 0.1) is 17.6 Å². The molecule has 1 aliphatic heterocycles. The summed E-state index contributed by atoms with van der Waals surface area (Å²) in [4.78, 5) is 6.81. The Morgan fingerprint density at radius 1 is 1.56 bits per heavy atom. The molecular formula is C12H19N3S. The van der Waals surface area contributed by atoms with Crippen molar-refractivity contribution in [2.24, 2.45) is 5.73 Å². The number of nitrogens with zero attached hydrogens (tertiary/aromatic N) is 2. The Hall–Kier alpha value is -0.740. The van der Waals surface area contributed by atoms with E-state index in [9.17, 15) is 0 Å². The summed E-state index contributed by atoms with van der Waals surface area (Å²) >= 11 is 2.04. The molecule has 0 bridgehead atoms. The molecule has 0 aliphatic carbocycles. The third kappa shape index (κ3) is 2.68. The lowest BCUT2D eigenvalue weighted by molar-refractivity contribution is 0.763. The third-order valence-electron chi connectivity index (χ3n) is 2.84. The highest BCUT2D eigenvalue weighted by molar-refractivity contribution is 8.00. The van der Waals surface area contributed by atoms with Crippen molar-refractivity contribution in [3.05, 3.63) is 24.0 Å². The first-order valence-electron chi connectivity index (χ1n) is 5.75. The van der Waals surface area contributed by atoms with Crippen molar-refractivity contribution in [3.63, 3.8) is 0 Å². The minimum absolute atomic E-state index is 0.0184. The Morgan fingerprint density at radius 3 is 2.94 bits per heavy atom. The first-order valence-corrected chi connectivity index (χ1v) is 6.80. The molecule has 2 heterocycles. The van der Waals surface area contributed by atoms with Gasteiger partial charge in [0.2, 0.25) is 0 Å². The van der Waals surface area contributed by atoms with Gasteiger partial charge in [0.1, 0.15) is 0 Å². The second-order valence-corrected chi connectivity index (χ2v) is 5.90. The Morgan fingerprint density at radius 2 is 2.38 bits per heavy atom. The lowest BCUT2D eigenvalue weighted by Crippen LogP contribution is -2.36. The van der Waals surface area contributed by atoms with Gasteiger partial charge in [0, 0.05) is 30.1 Å². The van der Waals surface area contributed by atoms with E-state index in [0.717, 1.165) is 18.8 Å². The summed E-state index contributed by atoms with van der Waals surface area (Å²) in [6.45, 7) is 6.47. The predicted molar refractivity (Wildman–Crippen MR) is 71.0 cm³/mol. The summed E-state index contributed by atoms with van der Waals surface area (Å²) in [7, 11) is 0. The zero-order valence-corrected chi connectivity index (χ0v) is 10.7. The van der Waals surface area contributed by atoms with E-state index in [2.05, 4.69) is 22.9 Å². The largest absolute Gasteiger partial charge is 0.368 e. The maximum atomic E-state index is 5.78. The zero-order valence-electron chi connectivity index (χ0n) is 9.89. The Balaban J connectivity index is 2.09. The van der Waals surface area contributed by atoms with Crippen molar-refractivity contribution in [3.8, 4) is 0 Å². The van der Waals surface area contributed by atoms with Crippen LogP contribution in [0.5, 0.6) is 0 Å². The molecule has 1 unspecified atom stereocenters. The smallest absolute Gasteiger partial charge is 0.0569 e. The number of anilines is 1. The molecule has 2 rings (SSSR count). The Kier molecular flexibility index (Phi) is 3.71. The molecule has 2 atom stereocenters. The van der Waals surface area contributed by atoms with Gasteiger partial charge in [-0.05, 0) is 19.1 Å². The van der Waals surface area contributed by atoms with E-state index in [4.69, 9.17) is 5.73 Å². The number of nitrogens with two attached hydrogens (primary N) is 1. The topological polar surface area (TPSA) is 42.1 Å². The van der Waals surface area contributed by atoms with E-state index >= 15 is 0 Å². The van der Waals surface area contributed by atoms with Crippen molar-refractivity contribution in [1.82, 2.24) is 4.98 Å². The van der Waals surface area contributed by atoms with Crippen LogP contribution in [0.2, 0.25) is 0 Å². The Labute approximate surface area is 101 Å². The van der Waals surface area contributed by atoms with Gasteiger partial charge in [-0.1, -0.05) is 6.92 Å². The second-order valence-electron chi connectivity index (χ2n) is 4.36. The molecule has 0 amide bonds. The van der Waals surface area contributed by atoms with E-state index in [1.165, 1.54) is 11.4 Å². The van der Waals surface area contributed by atoms with E-state index in [1.807, 2.05) is 30.9 Å². The SMILES string of the molecule is CC1CN(c2ccc([C@H](C)N)nc2)CCS1. The second kappa shape index (κ2) is 5.06. The van der Waals surface area contributed by atoms with E-state index < -0.39 is 0 Å². The lowest BCUT2D eigenvalue weighted by Gasteiger charge is -2.32. The summed E-state index contributed by atoms with van der Waals surface area (Å²) < 4.78 is 0. The van der Waals surface area contributed by atoms with Crippen molar-refractivity contribution in [2.75, 3.05) is 23.7 Å². The van der Waals surface area contributed by atoms with Crippen LogP contribution in [-0.2, 0) is 0 Å². The lowest BCUT2D eigenvalue weighted by atomic mass is 10.2. The van der Waals surface area contributed by atoms with Crippen LogP contribution in [0.1, 0.15) is 25.6 Å². The number of aromatic nitrogens is 1. The quantitative estimate of drug-likeness (QED) is 0.855. The van der Waals surface area contributed by atoms with Crippen LogP contribution in [0.25, 0.3) is 0 Å². The monoisotopic (exact) mass is 237 g/mol. The zero-order chi connectivity index (χ0) is 11.5. The fraction of sp³-hybridized carbons (Fsp3) is 0.583. The molecule has 1 saturated heterocycles. The number of pyridine rings is 1. The normalized spacial score (nSPS) is 23.2.